The summed E-state index contributed by atoms with van der Waals surface area (Å²) in [5.41, 5.74) is 12.5. The van der Waals surface area contributed by atoms with Gasteiger partial charge in [-0.1, -0.05) is 103 Å². The lowest BCUT2D eigenvalue weighted by molar-refractivity contribution is 0.691. The minimum absolute atomic E-state index is 0.524. The average Bonchev–Trinajstić information content (AvgIpc) is 3.66. The number of para-hydroxylation sites is 4. The molecule has 1 unspecified atom stereocenters. The summed E-state index contributed by atoms with van der Waals surface area (Å²) in [6.45, 7) is 0. The highest BCUT2D eigenvalue weighted by atomic mass is 32.2. The van der Waals surface area contributed by atoms with Crippen LogP contribution in [-0.4, -0.2) is 9.13 Å². The third-order valence-corrected chi connectivity index (χ3v) is 11.7. The van der Waals surface area contributed by atoms with Crippen molar-refractivity contribution in [3.8, 4) is 17.4 Å². The van der Waals surface area contributed by atoms with Crippen molar-refractivity contribution >= 4 is 55.4 Å². The highest BCUT2D eigenvalue weighted by Gasteiger charge is 2.49. The highest BCUT2D eigenvalue weighted by Crippen LogP contribution is 2.61. The summed E-state index contributed by atoms with van der Waals surface area (Å²) in [5, 5.41) is 14.5. The first-order chi connectivity index (χ1) is 23.8. The number of hydrogen-bond acceptors (Lipinski definition) is 2. The molecule has 0 fully saturated rings. The van der Waals surface area contributed by atoms with Crippen molar-refractivity contribution in [3.05, 3.63) is 179 Å². The fraction of sp³-hybridized carbons (Fsp3) is 0.0227. The Labute approximate surface area is 280 Å². The Bertz CT molecular complexity index is 2880. The minimum Gasteiger partial charge on any atom is -0.309 e. The summed E-state index contributed by atoms with van der Waals surface area (Å²) < 4.78 is 4.85. The van der Waals surface area contributed by atoms with Gasteiger partial charge in [0.05, 0.1) is 44.8 Å². The van der Waals surface area contributed by atoms with Gasteiger partial charge in [0, 0.05) is 37.0 Å². The molecule has 2 aliphatic heterocycles. The SMILES string of the molecule is N#Cc1ccc(-n2c3ccccc3c3cc4c(cc32)Sc2ccccc2C42c3ccccc3-n3c4ccccc4c4cccc2c43)cc1. The van der Waals surface area contributed by atoms with Gasteiger partial charge in [0.1, 0.15) is 0 Å². The third-order valence-electron chi connectivity index (χ3n) is 10.6. The van der Waals surface area contributed by atoms with Gasteiger partial charge in [-0.3, -0.25) is 0 Å². The summed E-state index contributed by atoms with van der Waals surface area (Å²) in [5.74, 6) is 0. The van der Waals surface area contributed by atoms with Crippen LogP contribution in [0.1, 0.15) is 27.8 Å². The lowest BCUT2D eigenvalue weighted by atomic mass is 9.62. The van der Waals surface area contributed by atoms with E-state index in [-0.39, 0.29) is 0 Å². The van der Waals surface area contributed by atoms with Crippen molar-refractivity contribution in [1.29, 1.82) is 5.26 Å². The van der Waals surface area contributed by atoms with Crippen molar-refractivity contribution in [2.75, 3.05) is 0 Å². The Hall–Kier alpha value is -6.02. The van der Waals surface area contributed by atoms with Crippen LogP contribution < -0.4 is 0 Å². The van der Waals surface area contributed by atoms with E-state index in [4.69, 9.17) is 0 Å². The van der Waals surface area contributed by atoms with E-state index in [0.29, 0.717) is 5.56 Å². The van der Waals surface area contributed by atoms with Crippen LogP contribution in [0, 0.1) is 11.3 Å². The summed E-state index contributed by atoms with van der Waals surface area (Å²) in [7, 11) is 0. The molecule has 7 aromatic carbocycles. The number of hydrogen-bond donors (Lipinski definition) is 0. The Morgan fingerprint density at radius 2 is 1.12 bits per heavy atom. The van der Waals surface area contributed by atoms with Crippen LogP contribution >= 0.6 is 11.8 Å². The first-order valence-electron chi connectivity index (χ1n) is 16.3. The average molecular weight is 628 g/mol. The van der Waals surface area contributed by atoms with Gasteiger partial charge < -0.3 is 9.13 Å². The summed E-state index contributed by atoms with van der Waals surface area (Å²) in [6, 6.07) is 57.6. The third kappa shape index (κ3) is 3.10. The molecule has 0 N–H and O–H groups in total. The summed E-state index contributed by atoms with van der Waals surface area (Å²) >= 11 is 1.87. The molecule has 0 radical (unpaired) electrons. The molecule has 48 heavy (non-hydrogen) atoms. The second-order valence-corrected chi connectivity index (χ2v) is 13.9. The quantitative estimate of drug-likeness (QED) is 0.181. The maximum Gasteiger partial charge on any atom is 0.0991 e. The maximum absolute atomic E-state index is 9.50. The maximum atomic E-state index is 9.50. The van der Waals surface area contributed by atoms with E-state index in [1.54, 1.807) is 0 Å². The second-order valence-electron chi connectivity index (χ2n) is 12.8. The van der Waals surface area contributed by atoms with E-state index in [1.807, 2.05) is 23.9 Å². The van der Waals surface area contributed by atoms with Crippen LogP contribution in [0.4, 0.5) is 0 Å². The Morgan fingerprint density at radius 3 is 1.94 bits per heavy atom. The van der Waals surface area contributed by atoms with E-state index in [0.717, 1.165) is 16.7 Å². The molecule has 1 spiro atoms. The molecule has 0 amide bonds. The molecule has 4 heterocycles. The van der Waals surface area contributed by atoms with Gasteiger partial charge in [0.25, 0.3) is 0 Å². The summed E-state index contributed by atoms with van der Waals surface area (Å²) in [4.78, 5) is 2.54. The highest BCUT2D eigenvalue weighted by molar-refractivity contribution is 7.99. The Morgan fingerprint density at radius 1 is 0.479 bits per heavy atom. The number of benzene rings is 7. The fourth-order valence-corrected chi connectivity index (χ4v) is 9.96. The molecule has 0 saturated heterocycles. The second kappa shape index (κ2) is 9.29. The molecule has 11 rings (SSSR count). The fourth-order valence-electron chi connectivity index (χ4n) is 8.75. The van der Waals surface area contributed by atoms with Crippen LogP contribution in [0.3, 0.4) is 0 Å². The van der Waals surface area contributed by atoms with Crippen LogP contribution in [0.25, 0.3) is 55.0 Å². The van der Waals surface area contributed by atoms with E-state index < -0.39 is 5.41 Å². The molecular weight excluding hydrogens is 603 g/mol. The molecule has 0 saturated carbocycles. The zero-order valence-electron chi connectivity index (χ0n) is 25.7. The molecule has 2 aliphatic rings. The largest absolute Gasteiger partial charge is 0.309 e. The van der Waals surface area contributed by atoms with Crippen molar-refractivity contribution in [1.82, 2.24) is 9.13 Å². The molecule has 0 aliphatic carbocycles. The minimum atomic E-state index is -0.524. The topological polar surface area (TPSA) is 33.6 Å². The van der Waals surface area contributed by atoms with Crippen LogP contribution in [0.2, 0.25) is 0 Å². The van der Waals surface area contributed by atoms with Gasteiger partial charge in [0.15, 0.2) is 0 Å². The molecule has 1 atom stereocenters. The molecule has 0 bridgehead atoms. The van der Waals surface area contributed by atoms with Crippen molar-refractivity contribution in [3.63, 3.8) is 0 Å². The number of nitriles is 1. The van der Waals surface area contributed by atoms with Gasteiger partial charge in [-0.15, -0.1) is 0 Å². The molecule has 222 valence electrons. The van der Waals surface area contributed by atoms with Gasteiger partial charge in [-0.25, -0.2) is 0 Å². The molecule has 2 aromatic heterocycles. The smallest absolute Gasteiger partial charge is 0.0991 e. The van der Waals surface area contributed by atoms with E-state index in [2.05, 4.69) is 155 Å². The van der Waals surface area contributed by atoms with Crippen LogP contribution in [-0.2, 0) is 5.41 Å². The Kier molecular flexibility index (Phi) is 5.05. The van der Waals surface area contributed by atoms with Gasteiger partial charge >= 0.3 is 0 Å². The summed E-state index contributed by atoms with van der Waals surface area (Å²) in [6.07, 6.45) is 0. The van der Waals surface area contributed by atoms with Gasteiger partial charge in [-0.05, 0) is 82.9 Å². The zero-order valence-corrected chi connectivity index (χ0v) is 26.5. The number of rotatable bonds is 1. The van der Waals surface area contributed by atoms with E-state index in [1.165, 1.54) is 70.3 Å². The number of fused-ring (bicyclic) bond motifs is 14. The molecule has 9 aromatic rings. The normalized spacial score (nSPS) is 15.9. The van der Waals surface area contributed by atoms with Crippen molar-refractivity contribution in [2.45, 2.75) is 15.2 Å². The standard InChI is InChI=1S/C44H25N3S/c45-26-27-20-22-28(23-21-27)46-37-16-5-2-11-30(37)32-24-36-42(25-40(32)46)48-41-19-8-4-14-34(41)44(36)33-13-3-7-18-39(33)47-38-17-6-1-10-29(38)31-12-9-15-35(44)43(31)47/h1-25H. The zero-order chi connectivity index (χ0) is 31.6. The van der Waals surface area contributed by atoms with E-state index in [9.17, 15) is 5.26 Å². The first kappa shape index (κ1) is 26.1. The number of aromatic nitrogens is 2. The molecular formula is C44H25N3S. The first-order valence-corrected chi connectivity index (χ1v) is 17.1. The van der Waals surface area contributed by atoms with Crippen LogP contribution in [0.15, 0.2) is 161 Å². The molecule has 3 nitrogen and oxygen atoms in total. The predicted molar refractivity (Wildman–Crippen MR) is 196 cm³/mol. The van der Waals surface area contributed by atoms with Crippen LogP contribution in [0.5, 0.6) is 0 Å². The lowest BCUT2D eigenvalue weighted by Crippen LogP contribution is -2.37. The van der Waals surface area contributed by atoms with Gasteiger partial charge in [-0.2, -0.15) is 5.26 Å². The number of nitrogens with zero attached hydrogens (tertiary/aromatic N) is 3. The van der Waals surface area contributed by atoms with Crippen molar-refractivity contribution < 1.29 is 0 Å². The Balaban J connectivity index is 1.33. The van der Waals surface area contributed by atoms with Crippen molar-refractivity contribution in [2.24, 2.45) is 0 Å². The van der Waals surface area contributed by atoms with Gasteiger partial charge in [0.2, 0.25) is 0 Å². The lowest BCUT2D eigenvalue weighted by Gasteiger charge is -2.45. The predicted octanol–water partition coefficient (Wildman–Crippen LogP) is 10.9. The monoisotopic (exact) mass is 627 g/mol. The molecule has 4 heteroatoms. The van der Waals surface area contributed by atoms with E-state index >= 15 is 0 Å².